The molecule has 3 fully saturated rings. The number of nitro groups is 1. The van der Waals surface area contributed by atoms with Gasteiger partial charge in [0.1, 0.15) is 0 Å². The van der Waals surface area contributed by atoms with E-state index in [1.54, 1.807) is 12.1 Å². The van der Waals surface area contributed by atoms with Gasteiger partial charge in [-0.25, -0.2) is 0 Å². The number of fused-ring (bicyclic) bond motifs is 5. The van der Waals surface area contributed by atoms with Crippen molar-refractivity contribution >= 4 is 11.8 Å². The Morgan fingerprint density at radius 1 is 1.06 bits per heavy atom. The summed E-state index contributed by atoms with van der Waals surface area (Å²) in [5.41, 5.74) is 3.63. The van der Waals surface area contributed by atoms with E-state index in [0.29, 0.717) is 17.8 Å². The van der Waals surface area contributed by atoms with Gasteiger partial charge < -0.3 is 10.2 Å². The first-order valence-electron chi connectivity index (χ1n) is 11.7. The maximum Gasteiger partial charge on any atom is 0.269 e. The third-order valence-electron chi connectivity index (χ3n) is 9.40. The number of nitro benzene ring substituents is 1. The van der Waals surface area contributed by atoms with Crippen molar-refractivity contribution in [3.8, 4) is 0 Å². The first kappa shape index (κ1) is 20.9. The Kier molecular flexibility index (Phi) is 4.91. The second kappa shape index (κ2) is 7.28. The molecule has 4 aliphatic rings. The molecule has 0 heterocycles. The summed E-state index contributed by atoms with van der Waals surface area (Å²) in [6.45, 7) is 4.69. The standard InChI is InChI=1S/C26H33NO4/c1-25-11-9-20(28)15-18(25)5-8-21-22(25)10-12-26(2)23(21)14-17(24(26)29)13-16-3-6-19(7-4-16)27(30)31/h3-7,13,20-24,28-29H,8-12,14-15H2,1-2H3/b17-13+/t20-,21-,22+,23+,24-,25+,26+/m1/s1. The zero-order valence-electron chi connectivity index (χ0n) is 18.5. The van der Waals surface area contributed by atoms with Crippen molar-refractivity contribution in [2.75, 3.05) is 0 Å². The fourth-order valence-electron chi connectivity index (χ4n) is 7.55. The number of hydrogen-bond donors (Lipinski definition) is 2. The smallest absolute Gasteiger partial charge is 0.269 e. The van der Waals surface area contributed by atoms with Crippen LogP contribution >= 0.6 is 0 Å². The van der Waals surface area contributed by atoms with Crippen LogP contribution in [0.25, 0.3) is 6.08 Å². The van der Waals surface area contributed by atoms with Crippen LogP contribution in [-0.4, -0.2) is 27.3 Å². The Bertz CT molecular complexity index is 951. The molecule has 0 saturated heterocycles. The highest BCUT2D eigenvalue weighted by Crippen LogP contribution is 2.65. The first-order valence-corrected chi connectivity index (χ1v) is 11.7. The lowest BCUT2D eigenvalue weighted by Crippen LogP contribution is -2.51. The molecule has 0 spiro atoms. The van der Waals surface area contributed by atoms with Crippen molar-refractivity contribution in [3.63, 3.8) is 0 Å². The number of allylic oxidation sites excluding steroid dienone is 1. The molecule has 7 atom stereocenters. The van der Waals surface area contributed by atoms with Gasteiger partial charge in [-0.3, -0.25) is 10.1 Å². The first-order chi connectivity index (χ1) is 14.7. The maximum atomic E-state index is 11.3. The third-order valence-corrected chi connectivity index (χ3v) is 9.40. The van der Waals surface area contributed by atoms with Crippen molar-refractivity contribution < 1.29 is 15.1 Å². The Morgan fingerprint density at radius 2 is 1.81 bits per heavy atom. The van der Waals surface area contributed by atoms with E-state index >= 15 is 0 Å². The van der Waals surface area contributed by atoms with Crippen LogP contribution in [0.1, 0.15) is 64.4 Å². The lowest BCUT2D eigenvalue weighted by Gasteiger charge is -2.57. The number of nitrogens with zero attached hydrogens (tertiary/aromatic N) is 1. The Balaban J connectivity index is 1.44. The van der Waals surface area contributed by atoms with E-state index in [4.69, 9.17) is 0 Å². The van der Waals surface area contributed by atoms with Crippen molar-refractivity contribution in [3.05, 3.63) is 57.2 Å². The predicted octanol–water partition coefficient (Wildman–Crippen LogP) is 5.27. The van der Waals surface area contributed by atoms with E-state index in [1.807, 2.05) is 0 Å². The zero-order chi connectivity index (χ0) is 22.0. The fourth-order valence-corrected chi connectivity index (χ4v) is 7.55. The lowest BCUT2D eigenvalue weighted by atomic mass is 9.48. The van der Waals surface area contributed by atoms with Crippen molar-refractivity contribution in [2.24, 2.45) is 28.6 Å². The second-order valence-corrected chi connectivity index (χ2v) is 10.9. The summed E-state index contributed by atoms with van der Waals surface area (Å²) in [5, 5.41) is 32.5. The molecule has 5 heteroatoms. The maximum absolute atomic E-state index is 11.3. The van der Waals surface area contributed by atoms with E-state index < -0.39 is 6.10 Å². The van der Waals surface area contributed by atoms with Gasteiger partial charge in [-0.15, -0.1) is 0 Å². The monoisotopic (exact) mass is 423 g/mol. The third kappa shape index (κ3) is 3.20. The van der Waals surface area contributed by atoms with Gasteiger partial charge in [0, 0.05) is 17.5 Å². The van der Waals surface area contributed by atoms with Crippen LogP contribution in [0.5, 0.6) is 0 Å². The molecule has 2 N–H and O–H groups in total. The number of aliphatic hydroxyl groups excluding tert-OH is 2. The average Bonchev–Trinajstić information content (AvgIpc) is 2.99. The van der Waals surface area contributed by atoms with E-state index in [-0.39, 0.29) is 27.5 Å². The Morgan fingerprint density at radius 3 is 2.52 bits per heavy atom. The lowest BCUT2D eigenvalue weighted by molar-refractivity contribution is -0.384. The van der Waals surface area contributed by atoms with E-state index in [2.05, 4.69) is 26.0 Å². The summed E-state index contributed by atoms with van der Waals surface area (Å²) in [5.74, 6) is 1.65. The number of hydrogen-bond acceptors (Lipinski definition) is 4. The molecule has 0 bridgehead atoms. The molecular weight excluding hydrogens is 390 g/mol. The van der Waals surface area contributed by atoms with Gasteiger partial charge in [0.2, 0.25) is 0 Å². The van der Waals surface area contributed by atoms with Gasteiger partial charge >= 0.3 is 0 Å². The van der Waals surface area contributed by atoms with E-state index in [1.165, 1.54) is 17.7 Å². The SMILES string of the molecule is C[C@]12CC[C@H]3[C@@H](CC=C4C[C@H](O)CC[C@@]43C)[C@@H]1C/C(=C\c1ccc([N+](=O)[O-])cc1)[C@H]2O. The number of benzene rings is 1. The summed E-state index contributed by atoms with van der Waals surface area (Å²) in [7, 11) is 0. The molecule has 0 amide bonds. The van der Waals surface area contributed by atoms with E-state index in [9.17, 15) is 20.3 Å². The molecule has 3 saturated carbocycles. The van der Waals surface area contributed by atoms with Gasteiger partial charge in [0.05, 0.1) is 17.1 Å². The van der Waals surface area contributed by atoms with Crippen LogP contribution in [0.4, 0.5) is 5.69 Å². The molecule has 1 aromatic carbocycles. The van der Waals surface area contributed by atoms with Crippen molar-refractivity contribution in [1.82, 2.24) is 0 Å². The molecule has 0 aromatic heterocycles. The second-order valence-electron chi connectivity index (χ2n) is 10.9. The molecule has 0 aliphatic heterocycles. The largest absolute Gasteiger partial charge is 0.393 e. The van der Waals surface area contributed by atoms with Gasteiger partial charge in [-0.1, -0.05) is 31.6 Å². The summed E-state index contributed by atoms with van der Waals surface area (Å²) in [4.78, 5) is 10.5. The summed E-state index contributed by atoms with van der Waals surface area (Å²) < 4.78 is 0. The van der Waals surface area contributed by atoms with Gasteiger partial charge in [-0.05, 0) is 91.4 Å². The molecule has 31 heavy (non-hydrogen) atoms. The number of aliphatic hydroxyl groups is 2. The Hall–Kier alpha value is -1.98. The summed E-state index contributed by atoms with van der Waals surface area (Å²) in [6, 6.07) is 6.61. The van der Waals surface area contributed by atoms with Crippen molar-refractivity contribution in [1.29, 1.82) is 0 Å². The highest BCUT2D eigenvalue weighted by atomic mass is 16.6. The van der Waals surface area contributed by atoms with Crippen LogP contribution < -0.4 is 0 Å². The minimum atomic E-state index is -0.458. The van der Waals surface area contributed by atoms with Crippen molar-refractivity contribution in [2.45, 2.75) is 71.0 Å². The van der Waals surface area contributed by atoms with Crippen LogP contribution in [0, 0.1) is 38.7 Å². The highest BCUT2D eigenvalue weighted by Gasteiger charge is 2.59. The number of rotatable bonds is 2. The summed E-state index contributed by atoms with van der Waals surface area (Å²) in [6.07, 6.45) is 10.7. The van der Waals surface area contributed by atoms with Gasteiger partial charge in [0.25, 0.3) is 5.69 Å². The molecule has 4 aliphatic carbocycles. The molecule has 1 aromatic rings. The molecule has 166 valence electrons. The molecular formula is C26H33NO4. The average molecular weight is 424 g/mol. The van der Waals surface area contributed by atoms with Crippen LogP contribution in [-0.2, 0) is 0 Å². The normalized spacial score (nSPS) is 43.0. The molecule has 0 unspecified atom stereocenters. The minimum Gasteiger partial charge on any atom is -0.393 e. The number of non-ortho nitro benzene ring substituents is 1. The quantitative estimate of drug-likeness (QED) is 0.385. The zero-order valence-corrected chi connectivity index (χ0v) is 18.5. The minimum absolute atomic E-state index is 0.0910. The van der Waals surface area contributed by atoms with Gasteiger partial charge in [-0.2, -0.15) is 0 Å². The van der Waals surface area contributed by atoms with E-state index in [0.717, 1.165) is 56.1 Å². The molecule has 0 radical (unpaired) electrons. The fraction of sp³-hybridized carbons (Fsp3) is 0.615. The summed E-state index contributed by atoms with van der Waals surface area (Å²) >= 11 is 0. The predicted molar refractivity (Wildman–Crippen MR) is 120 cm³/mol. The highest BCUT2D eigenvalue weighted by molar-refractivity contribution is 5.57. The topological polar surface area (TPSA) is 83.6 Å². The Labute approximate surface area is 184 Å². The van der Waals surface area contributed by atoms with Crippen LogP contribution in [0.3, 0.4) is 0 Å². The van der Waals surface area contributed by atoms with Gasteiger partial charge in [0.15, 0.2) is 0 Å². The van der Waals surface area contributed by atoms with Crippen LogP contribution in [0.2, 0.25) is 0 Å². The molecule has 5 nitrogen and oxygen atoms in total. The molecule has 5 rings (SSSR count). The van der Waals surface area contributed by atoms with Crippen LogP contribution in [0.15, 0.2) is 41.5 Å².